The van der Waals surface area contributed by atoms with Gasteiger partial charge in [-0.15, -0.1) is 0 Å². The SMILES string of the molecule is O=C1CC(c2cc(F)c(F)c(F)c2)C(C(=O)O)N1. The van der Waals surface area contributed by atoms with E-state index >= 15 is 0 Å². The van der Waals surface area contributed by atoms with E-state index in [4.69, 9.17) is 5.11 Å². The Balaban J connectivity index is 2.42. The molecule has 18 heavy (non-hydrogen) atoms. The van der Waals surface area contributed by atoms with E-state index in [0.717, 1.165) is 0 Å². The highest BCUT2D eigenvalue weighted by molar-refractivity contribution is 5.89. The van der Waals surface area contributed by atoms with Crippen LogP contribution in [-0.4, -0.2) is 23.0 Å². The van der Waals surface area contributed by atoms with Crippen LogP contribution < -0.4 is 5.32 Å². The van der Waals surface area contributed by atoms with Gasteiger partial charge in [0.05, 0.1) is 0 Å². The number of nitrogens with one attached hydrogen (secondary N) is 1. The Morgan fingerprint density at radius 1 is 1.28 bits per heavy atom. The third-order valence-corrected chi connectivity index (χ3v) is 2.82. The van der Waals surface area contributed by atoms with Crippen molar-refractivity contribution in [3.8, 4) is 0 Å². The van der Waals surface area contributed by atoms with Crippen LogP contribution in [0, 0.1) is 17.5 Å². The second-order valence-electron chi connectivity index (χ2n) is 3.99. The molecule has 2 unspecified atom stereocenters. The van der Waals surface area contributed by atoms with Gasteiger partial charge < -0.3 is 10.4 Å². The largest absolute Gasteiger partial charge is 0.480 e. The molecule has 2 atom stereocenters. The van der Waals surface area contributed by atoms with Crippen molar-refractivity contribution in [1.29, 1.82) is 0 Å². The highest BCUT2D eigenvalue weighted by Crippen LogP contribution is 2.30. The second-order valence-corrected chi connectivity index (χ2v) is 3.99. The maximum absolute atomic E-state index is 13.1. The predicted molar refractivity (Wildman–Crippen MR) is 53.2 cm³/mol. The van der Waals surface area contributed by atoms with Crippen LogP contribution in [0.15, 0.2) is 12.1 Å². The van der Waals surface area contributed by atoms with Crippen LogP contribution in [0.5, 0.6) is 0 Å². The molecule has 0 saturated carbocycles. The van der Waals surface area contributed by atoms with Gasteiger partial charge in [0.15, 0.2) is 17.5 Å². The summed E-state index contributed by atoms with van der Waals surface area (Å²) >= 11 is 0. The van der Waals surface area contributed by atoms with E-state index in [9.17, 15) is 22.8 Å². The third kappa shape index (κ3) is 2.03. The molecule has 1 saturated heterocycles. The molecule has 1 aromatic rings. The summed E-state index contributed by atoms with van der Waals surface area (Å²) in [7, 11) is 0. The number of aliphatic carboxylic acids is 1. The zero-order valence-electron chi connectivity index (χ0n) is 8.91. The van der Waals surface area contributed by atoms with Gasteiger partial charge in [-0.25, -0.2) is 18.0 Å². The van der Waals surface area contributed by atoms with E-state index in [2.05, 4.69) is 5.32 Å². The monoisotopic (exact) mass is 259 g/mol. The van der Waals surface area contributed by atoms with Gasteiger partial charge in [0.2, 0.25) is 5.91 Å². The third-order valence-electron chi connectivity index (χ3n) is 2.82. The van der Waals surface area contributed by atoms with Gasteiger partial charge in [0, 0.05) is 12.3 Å². The number of rotatable bonds is 2. The maximum atomic E-state index is 13.1. The minimum absolute atomic E-state index is 0.0582. The molecule has 0 spiro atoms. The molecule has 1 amide bonds. The van der Waals surface area contributed by atoms with Gasteiger partial charge in [-0.1, -0.05) is 0 Å². The Morgan fingerprint density at radius 2 is 1.83 bits per heavy atom. The summed E-state index contributed by atoms with van der Waals surface area (Å²) in [5.74, 6) is -7.20. The molecule has 1 aliphatic heterocycles. The fourth-order valence-electron chi connectivity index (χ4n) is 1.98. The van der Waals surface area contributed by atoms with E-state index in [1.165, 1.54) is 0 Å². The summed E-state index contributed by atoms with van der Waals surface area (Å²) in [6.45, 7) is 0. The number of carbonyl (C=O) groups is 2. The number of carboxylic acids is 1. The number of carboxylic acid groups (broad SMARTS) is 1. The molecular formula is C11H8F3NO3. The van der Waals surface area contributed by atoms with Gasteiger partial charge in [0.25, 0.3) is 0 Å². The summed E-state index contributed by atoms with van der Waals surface area (Å²) in [6.07, 6.45) is -0.207. The topological polar surface area (TPSA) is 66.4 Å². The quantitative estimate of drug-likeness (QED) is 0.783. The molecule has 4 nitrogen and oxygen atoms in total. The first-order chi connectivity index (χ1) is 8.40. The Labute approximate surface area is 99.4 Å². The van der Waals surface area contributed by atoms with Crippen LogP contribution >= 0.6 is 0 Å². The smallest absolute Gasteiger partial charge is 0.326 e. The molecule has 96 valence electrons. The number of hydrogen-bond acceptors (Lipinski definition) is 2. The van der Waals surface area contributed by atoms with Crippen LogP contribution in [0.2, 0.25) is 0 Å². The van der Waals surface area contributed by atoms with E-state index in [0.29, 0.717) is 12.1 Å². The zero-order valence-corrected chi connectivity index (χ0v) is 8.91. The van der Waals surface area contributed by atoms with Gasteiger partial charge in [-0.05, 0) is 17.7 Å². The van der Waals surface area contributed by atoms with Crippen LogP contribution in [0.25, 0.3) is 0 Å². The minimum atomic E-state index is -1.62. The minimum Gasteiger partial charge on any atom is -0.480 e. The molecule has 0 bridgehead atoms. The van der Waals surface area contributed by atoms with Crippen molar-refractivity contribution in [2.75, 3.05) is 0 Å². The fourth-order valence-corrected chi connectivity index (χ4v) is 1.98. The van der Waals surface area contributed by atoms with Crippen LogP contribution in [0.4, 0.5) is 13.2 Å². The first-order valence-electron chi connectivity index (χ1n) is 5.06. The van der Waals surface area contributed by atoms with Crippen LogP contribution in [-0.2, 0) is 9.59 Å². The molecule has 0 radical (unpaired) electrons. The number of carbonyl (C=O) groups excluding carboxylic acids is 1. The summed E-state index contributed by atoms with van der Waals surface area (Å²) < 4.78 is 38.9. The molecular weight excluding hydrogens is 251 g/mol. The van der Waals surface area contributed by atoms with Crippen molar-refractivity contribution >= 4 is 11.9 Å². The van der Waals surface area contributed by atoms with Crippen molar-refractivity contribution in [3.63, 3.8) is 0 Å². The molecule has 1 heterocycles. The number of benzene rings is 1. The lowest BCUT2D eigenvalue weighted by atomic mass is 9.91. The van der Waals surface area contributed by atoms with Gasteiger partial charge >= 0.3 is 5.97 Å². The maximum Gasteiger partial charge on any atom is 0.326 e. The highest BCUT2D eigenvalue weighted by atomic mass is 19.2. The van der Waals surface area contributed by atoms with Gasteiger partial charge in [-0.2, -0.15) is 0 Å². The Bertz CT molecular complexity index is 509. The van der Waals surface area contributed by atoms with E-state index < -0.39 is 41.3 Å². The zero-order chi connectivity index (χ0) is 13.4. The van der Waals surface area contributed by atoms with Gasteiger partial charge in [-0.3, -0.25) is 4.79 Å². The molecule has 2 rings (SSSR count). The molecule has 1 aliphatic rings. The standard InChI is InChI=1S/C11H8F3NO3/c12-6-1-4(2-7(13)9(6)14)5-3-8(16)15-10(5)11(17)18/h1-2,5,10H,3H2,(H,15,16)(H,17,18). The van der Waals surface area contributed by atoms with E-state index in [-0.39, 0.29) is 12.0 Å². The normalized spacial score (nSPS) is 22.9. The molecule has 2 N–H and O–H groups in total. The predicted octanol–water partition coefficient (Wildman–Crippen LogP) is 1.16. The number of hydrogen-bond donors (Lipinski definition) is 2. The summed E-state index contributed by atoms with van der Waals surface area (Å²) in [5.41, 5.74) is -0.0582. The van der Waals surface area contributed by atoms with Crippen molar-refractivity contribution < 1.29 is 27.9 Å². The first-order valence-corrected chi connectivity index (χ1v) is 5.06. The van der Waals surface area contributed by atoms with E-state index in [1.54, 1.807) is 0 Å². The second kappa shape index (κ2) is 4.32. The summed E-state index contributed by atoms with van der Waals surface area (Å²) in [6, 6.07) is 0.153. The van der Waals surface area contributed by atoms with Crippen LogP contribution in [0.3, 0.4) is 0 Å². The molecule has 1 aromatic carbocycles. The Hall–Kier alpha value is -2.05. The van der Waals surface area contributed by atoms with Crippen molar-refractivity contribution in [2.45, 2.75) is 18.4 Å². The average Bonchev–Trinajstić information content (AvgIpc) is 2.67. The first kappa shape index (κ1) is 12.4. The Kier molecular flexibility index (Phi) is 2.98. The Morgan fingerprint density at radius 3 is 2.33 bits per heavy atom. The summed E-state index contributed by atoms with van der Waals surface area (Å²) in [5, 5.41) is 11.1. The summed E-state index contributed by atoms with van der Waals surface area (Å²) in [4.78, 5) is 22.0. The van der Waals surface area contributed by atoms with Crippen molar-refractivity contribution in [3.05, 3.63) is 35.1 Å². The lowest BCUT2D eigenvalue weighted by Gasteiger charge is -2.15. The van der Waals surface area contributed by atoms with Crippen molar-refractivity contribution in [2.24, 2.45) is 0 Å². The lowest BCUT2D eigenvalue weighted by Crippen LogP contribution is -2.36. The van der Waals surface area contributed by atoms with Crippen molar-refractivity contribution in [1.82, 2.24) is 5.32 Å². The fraction of sp³-hybridized carbons (Fsp3) is 0.273. The van der Waals surface area contributed by atoms with E-state index in [1.807, 2.05) is 0 Å². The average molecular weight is 259 g/mol. The molecule has 0 aromatic heterocycles. The molecule has 0 aliphatic carbocycles. The lowest BCUT2D eigenvalue weighted by molar-refractivity contribution is -0.140. The molecule has 1 fully saturated rings. The number of amides is 1. The highest BCUT2D eigenvalue weighted by Gasteiger charge is 2.39. The molecule has 7 heteroatoms. The number of halogens is 3. The van der Waals surface area contributed by atoms with Crippen LogP contribution in [0.1, 0.15) is 17.9 Å². The van der Waals surface area contributed by atoms with Gasteiger partial charge in [0.1, 0.15) is 6.04 Å².